The zero-order chi connectivity index (χ0) is 19.6. The summed E-state index contributed by atoms with van der Waals surface area (Å²) in [6.45, 7) is 4.80. The molecule has 0 saturated heterocycles. The number of aromatic carboxylic acids is 1. The van der Waals surface area contributed by atoms with Crippen LogP contribution in [0.1, 0.15) is 36.0 Å². The summed E-state index contributed by atoms with van der Waals surface area (Å²) in [5, 5.41) is 21.6. The first-order chi connectivity index (χ1) is 12.0. The standard InChI is InChI=1S/C16H22BrFN2O5S/c1-16(2,3)25-15(24)19-9(7-21)6-20-5-8(18)4-10-11(20)12(14(22)23)26-13(10)17/h8-9,21H,4-7H2,1-3H3,(H,19,24)(H,22,23)/t8-,9-/m1/s1. The van der Waals surface area contributed by atoms with E-state index in [0.717, 1.165) is 11.3 Å². The second-order valence-electron chi connectivity index (χ2n) is 7.07. The van der Waals surface area contributed by atoms with E-state index in [4.69, 9.17) is 4.74 Å². The predicted octanol–water partition coefficient (Wildman–Crippen LogP) is 2.80. The number of hydrogen-bond acceptors (Lipinski definition) is 6. The number of anilines is 1. The number of alkyl carbamates (subject to hydrolysis) is 1. The van der Waals surface area contributed by atoms with Gasteiger partial charge in [0.2, 0.25) is 0 Å². The number of halogens is 2. The third-order valence-electron chi connectivity index (χ3n) is 3.67. The third kappa shape index (κ3) is 5.08. The Morgan fingerprint density at radius 2 is 2.15 bits per heavy atom. The molecule has 1 aliphatic rings. The molecule has 0 spiro atoms. The van der Waals surface area contributed by atoms with E-state index < -0.39 is 36.5 Å². The Hall–Kier alpha value is -1.39. The monoisotopic (exact) mass is 452 g/mol. The van der Waals surface area contributed by atoms with Crippen LogP contribution in [-0.2, 0) is 11.2 Å². The summed E-state index contributed by atoms with van der Waals surface area (Å²) in [4.78, 5) is 25.1. The number of hydrogen-bond donors (Lipinski definition) is 3. The van der Waals surface area contributed by atoms with E-state index >= 15 is 0 Å². The molecule has 1 aliphatic heterocycles. The molecular formula is C16H22BrFN2O5S. The fraction of sp³-hybridized carbons (Fsp3) is 0.625. The summed E-state index contributed by atoms with van der Waals surface area (Å²) in [6.07, 6.45) is -1.74. The van der Waals surface area contributed by atoms with E-state index in [1.165, 1.54) is 0 Å². The zero-order valence-electron chi connectivity index (χ0n) is 14.7. The first-order valence-corrected chi connectivity index (χ1v) is 9.66. The Labute approximate surface area is 163 Å². The van der Waals surface area contributed by atoms with Crippen LogP contribution in [0.3, 0.4) is 0 Å². The van der Waals surface area contributed by atoms with Crippen molar-refractivity contribution < 1.29 is 28.9 Å². The van der Waals surface area contributed by atoms with Gasteiger partial charge in [0, 0.05) is 25.1 Å². The molecule has 0 radical (unpaired) electrons. The summed E-state index contributed by atoms with van der Waals surface area (Å²) in [5.74, 6) is -1.10. The number of carboxylic acids is 1. The number of nitrogens with one attached hydrogen (secondary N) is 1. The fourth-order valence-corrected chi connectivity index (χ4v) is 4.51. The molecule has 7 nitrogen and oxygen atoms in total. The van der Waals surface area contributed by atoms with E-state index in [1.54, 1.807) is 25.7 Å². The lowest BCUT2D eigenvalue weighted by Gasteiger charge is -2.34. The SMILES string of the molecule is CC(C)(C)OC(=O)N[C@@H](CO)CN1C[C@H](F)Cc2c(Br)sc(C(=O)O)c21. The lowest BCUT2D eigenvalue weighted by Crippen LogP contribution is -2.50. The molecule has 10 heteroatoms. The van der Waals surface area contributed by atoms with Crippen LogP contribution in [0.25, 0.3) is 0 Å². The Bertz CT molecular complexity index is 691. The van der Waals surface area contributed by atoms with Gasteiger partial charge in [-0.25, -0.2) is 14.0 Å². The van der Waals surface area contributed by atoms with Crippen molar-refractivity contribution in [3.63, 3.8) is 0 Å². The van der Waals surface area contributed by atoms with Crippen molar-refractivity contribution in [2.75, 3.05) is 24.6 Å². The van der Waals surface area contributed by atoms with Crippen molar-refractivity contribution in [1.29, 1.82) is 0 Å². The molecule has 0 aliphatic carbocycles. The Balaban J connectivity index is 2.21. The second-order valence-corrected chi connectivity index (χ2v) is 9.41. The smallest absolute Gasteiger partial charge is 0.408 e. The maximum absolute atomic E-state index is 14.2. The van der Waals surface area contributed by atoms with Crippen LogP contribution in [0.5, 0.6) is 0 Å². The minimum Gasteiger partial charge on any atom is -0.477 e. The number of aliphatic hydroxyl groups is 1. The number of carboxylic acid groups (broad SMARTS) is 1. The van der Waals surface area contributed by atoms with Crippen molar-refractivity contribution in [2.24, 2.45) is 0 Å². The highest BCUT2D eigenvalue weighted by atomic mass is 79.9. The summed E-state index contributed by atoms with van der Waals surface area (Å²) in [5.41, 5.74) is 0.342. The van der Waals surface area contributed by atoms with Gasteiger partial charge >= 0.3 is 12.1 Å². The average molecular weight is 453 g/mol. The molecular weight excluding hydrogens is 431 g/mol. The van der Waals surface area contributed by atoms with Gasteiger partial charge in [-0.2, -0.15) is 0 Å². The molecule has 3 N–H and O–H groups in total. The first kappa shape index (κ1) is 20.9. The molecule has 0 bridgehead atoms. The summed E-state index contributed by atoms with van der Waals surface area (Å²) in [7, 11) is 0. The molecule has 0 fully saturated rings. The van der Waals surface area contributed by atoms with Gasteiger partial charge in [-0.05, 0) is 36.7 Å². The van der Waals surface area contributed by atoms with Gasteiger partial charge in [-0.15, -0.1) is 11.3 Å². The van der Waals surface area contributed by atoms with E-state index in [1.807, 2.05) is 0 Å². The number of ether oxygens (including phenoxy) is 1. The second kappa shape index (κ2) is 8.10. The zero-order valence-corrected chi connectivity index (χ0v) is 17.1. The molecule has 0 unspecified atom stereocenters. The lowest BCUT2D eigenvalue weighted by atomic mass is 10.0. The molecule has 146 valence electrons. The van der Waals surface area contributed by atoms with Crippen LogP contribution >= 0.6 is 27.3 Å². The highest BCUT2D eigenvalue weighted by Gasteiger charge is 2.34. The van der Waals surface area contributed by atoms with E-state index in [2.05, 4.69) is 21.2 Å². The number of carbonyl (C=O) groups excluding carboxylic acids is 1. The van der Waals surface area contributed by atoms with Gasteiger partial charge in [0.15, 0.2) is 0 Å². The maximum atomic E-state index is 14.2. The summed E-state index contributed by atoms with van der Waals surface area (Å²) in [6, 6.07) is -0.733. The molecule has 26 heavy (non-hydrogen) atoms. The number of rotatable bonds is 5. The van der Waals surface area contributed by atoms with Gasteiger partial charge < -0.3 is 25.2 Å². The van der Waals surface area contributed by atoms with Crippen LogP contribution in [0.2, 0.25) is 0 Å². The van der Waals surface area contributed by atoms with E-state index in [-0.39, 0.29) is 24.4 Å². The number of amides is 1. The van der Waals surface area contributed by atoms with Crippen LogP contribution in [-0.4, -0.2) is 59.8 Å². The number of nitrogens with zero attached hydrogens (tertiary/aromatic N) is 1. The average Bonchev–Trinajstić information content (AvgIpc) is 2.82. The van der Waals surface area contributed by atoms with Crippen molar-refractivity contribution in [3.8, 4) is 0 Å². The number of alkyl halides is 1. The minimum atomic E-state index is -1.17. The highest BCUT2D eigenvalue weighted by Crippen LogP contribution is 2.43. The highest BCUT2D eigenvalue weighted by molar-refractivity contribution is 9.11. The minimum absolute atomic E-state index is 0.0110. The van der Waals surface area contributed by atoms with E-state index in [0.29, 0.717) is 15.0 Å². The van der Waals surface area contributed by atoms with Gasteiger partial charge in [-0.1, -0.05) is 0 Å². The quantitative estimate of drug-likeness (QED) is 0.634. The largest absolute Gasteiger partial charge is 0.477 e. The molecule has 1 aromatic rings. The molecule has 1 aromatic heterocycles. The van der Waals surface area contributed by atoms with Gasteiger partial charge in [-0.3, -0.25) is 0 Å². The third-order valence-corrected chi connectivity index (χ3v) is 5.63. The molecule has 0 aromatic carbocycles. The van der Waals surface area contributed by atoms with Crippen molar-refractivity contribution >= 4 is 45.0 Å². The van der Waals surface area contributed by atoms with E-state index in [9.17, 15) is 24.2 Å². The first-order valence-electron chi connectivity index (χ1n) is 8.05. The van der Waals surface area contributed by atoms with Gasteiger partial charge in [0.1, 0.15) is 16.6 Å². The normalized spacial score (nSPS) is 18.2. The molecule has 0 saturated carbocycles. The van der Waals surface area contributed by atoms with Gasteiger partial charge in [0.25, 0.3) is 0 Å². The van der Waals surface area contributed by atoms with Crippen LogP contribution in [0.4, 0.5) is 14.9 Å². The lowest BCUT2D eigenvalue weighted by molar-refractivity contribution is 0.0484. The Morgan fingerprint density at radius 1 is 1.50 bits per heavy atom. The van der Waals surface area contributed by atoms with Crippen molar-refractivity contribution in [3.05, 3.63) is 14.2 Å². The fourth-order valence-electron chi connectivity index (χ4n) is 2.76. The van der Waals surface area contributed by atoms with Crippen LogP contribution < -0.4 is 10.2 Å². The Morgan fingerprint density at radius 3 is 2.69 bits per heavy atom. The molecule has 2 atom stereocenters. The van der Waals surface area contributed by atoms with Crippen molar-refractivity contribution in [2.45, 2.75) is 45.0 Å². The predicted molar refractivity (Wildman–Crippen MR) is 100 cm³/mol. The summed E-state index contributed by atoms with van der Waals surface area (Å²) >= 11 is 4.34. The van der Waals surface area contributed by atoms with Crippen LogP contribution in [0.15, 0.2) is 3.79 Å². The molecule has 1 amide bonds. The molecule has 2 heterocycles. The number of carbonyl (C=O) groups is 2. The topological polar surface area (TPSA) is 99.1 Å². The molecule has 2 rings (SSSR count). The van der Waals surface area contributed by atoms with Crippen LogP contribution in [0, 0.1) is 0 Å². The Kier molecular flexibility index (Phi) is 6.51. The number of aliphatic hydroxyl groups excluding tert-OH is 1. The van der Waals surface area contributed by atoms with Crippen molar-refractivity contribution in [1.82, 2.24) is 5.32 Å². The summed E-state index contributed by atoms with van der Waals surface area (Å²) < 4.78 is 19.9. The van der Waals surface area contributed by atoms with Gasteiger partial charge in [0.05, 0.1) is 22.1 Å². The maximum Gasteiger partial charge on any atom is 0.408 e. The number of thiophene rings is 1. The number of fused-ring (bicyclic) bond motifs is 1.